The molecule has 0 aromatic heterocycles. The molecule has 2 fully saturated rings. The second-order valence-electron chi connectivity index (χ2n) is 3.16. The van der Waals surface area contributed by atoms with E-state index in [1.54, 1.807) is 0 Å². The summed E-state index contributed by atoms with van der Waals surface area (Å²) in [6.45, 7) is 0.938. The van der Waals surface area contributed by atoms with Crippen LogP contribution in [0.2, 0.25) is 0 Å². The highest BCUT2D eigenvalue weighted by Crippen LogP contribution is 2.42. The monoisotopic (exact) mass is 163 g/mol. The lowest BCUT2D eigenvalue weighted by Crippen LogP contribution is -2.56. The molecule has 2 nitrogen and oxygen atoms in total. The molecular formula is C7H14ClNO. The first-order valence-corrected chi connectivity index (χ1v) is 3.73. The third kappa shape index (κ3) is 0.949. The summed E-state index contributed by atoms with van der Waals surface area (Å²) in [7, 11) is 0. The molecule has 0 aromatic carbocycles. The zero-order chi connectivity index (χ0) is 6.32. The van der Waals surface area contributed by atoms with E-state index in [4.69, 9.17) is 10.5 Å². The minimum Gasteiger partial charge on any atom is -0.373 e. The number of nitrogens with two attached hydrogens (primary N) is 1. The van der Waals surface area contributed by atoms with Crippen molar-refractivity contribution in [3.8, 4) is 0 Å². The molecule has 1 spiro atoms. The number of rotatable bonds is 0. The van der Waals surface area contributed by atoms with Gasteiger partial charge in [0.15, 0.2) is 0 Å². The molecule has 1 saturated heterocycles. The van der Waals surface area contributed by atoms with Crippen molar-refractivity contribution in [2.45, 2.75) is 37.3 Å². The summed E-state index contributed by atoms with van der Waals surface area (Å²) in [6, 6.07) is 0.347. The molecule has 2 aliphatic rings. The zero-order valence-corrected chi connectivity index (χ0v) is 6.82. The lowest BCUT2D eigenvalue weighted by atomic mass is 9.74. The maximum Gasteiger partial charge on any atom is 0.0834 e. The molecule has 0 radical (unpaired) electrons. The SMILES string of the molecule is Cl.NC1CCC12CCCO2. The van der Waals surface area contributed by atoms with Crippen LogP contribution < -0.4 is 5.73 Å². The highest BCUT2D eigenvalue weighted by Gasteiger charge is 2.47. The van der Waals surface area contributed by atoms with Crippen LogP contribution in [-0.2, 0) is 4.74 Å². The Bertz CT molecular complexity index is 123. The smallest absolute Gasteiger partial charge is 0.0834 e. The van der Waals surface area contributed by atoms with Crippen molar-refractivity contribution in [2.24, 2.45) is 5.73 Å². The van der Waals surface area contributed by atoms with Gasteiger partial charge in [-0.3, -0.25) is 0 Å². The fourth-order valence-corrected chi connectivity index (χ4v) is 1.84. The summed E-state index contributed by atoms with van der Waals surface area (Å²) in [6.07, 6.45) is 4.79. The van der Waals surface area contributed by atoms with Gasteiger partial charge in [-0.25, -0.2) is 0 Å². The summed E-state index contributed by atoms with van der Waals surface area (Å²) in [5, 5.41) is 0. The van der Waals surface area contributed by atoms with Gasteiger partial charge in [-0.2, -0.15) is 0 Å². The van der Waals surface area contributed by atoms with Crippen LogP contribution in [0.4, 0.5) is 0 Å². The fourth-order valence-electron chi connectivity index (χ4n) is 1.84. The highest BCUT2D eigenvalue weighted by atomic mass is 35.5. The van der Waals surface area contributed by atoms with E-state index in [-0.39, 0.29) is 18.0 Å². The van der Waals surface area contributed by atoms with Crippen LogP contribution in [0.1, 0.15) is 25.7 Å². The molecule has 3 heteroatoms. The lowest BCUT2D eigenvalue weighted by molar-refractivity contribution is -0.0741. The molecule has 0 bridgehead atoms. The third-order valence-corrected chi connectivity index (χ3v) is 2.69. The van der Waals surface area contributed by atoms with E-state index in [9.17, 15) is 0 Å². The maximum absolute atomic E-state index is 5.79. The molecule has 60 valence electrons. The van der Waals surface area contributed by atoms with Gasteiger partial charge in [-0.1, -0.05) is 0 Å². The Kier molecular flexibility index (Phi) is 2.23. The Morgan fingerprint density at radius 2 is 2.20 bits per heavy atom. The third-order valence-electron chi connectivity index (χ3n) is 2.69. The van der Waals surface area contributed by atoms with Crippen molar-refractivity contribution < 1.29 is 4.74 Å². The number of hydrogen-bond donors (Lipinski definition) is 1. The van der Waals surface area contributed by atoms with Gasteiger partial charge in [-0.15, -0.1) is 12.4 Å². The molecule has 2 atom stereocenters. The summed E-state index contributed by atoms with van der Waals surface area (Å²) < 4.78 is 5.56. The first-order valence-electron chi connectivity index (χ1n) is 3.73. The maximum atomic E-state index is 5.79. The average Bonchev–Trinajstić information content (AvgIpc) is 2.34. The summed E-state index contributed by atoms with van der Waals surface area (Å²) in [4.78, 5) is 0. The van der Waals surface area contributed by atoms with Crippen molar-refractivity contribution in [1.29, 1.82) is 0 Å². The van der Waals surface area contributed by atoms with Crippen LogP contribution in [0.25, 0.3) is 0 Å². The van der Waals surface area contributed by atoms with Crippen LogP contribution in [-0.4, -0.2) is 18.2 Å². The van der Waals surface area contributed by atoms with Gasteiger partial charge in [-0.05, 0) is 25.7 Å². The van der Waals surface area contributed by atoms with Crippen LogP contribution in [0.3, 0.4) is 0 Å². The molecule has 2 rings (SSSR count). The van der Waals surface area contributed by atoms with Gasteiger partial charge in [0, 0.05) is 12.6 Å². The molecule has 1 heterocycles. The van der Waals surface area contributed by atoms with Gasteiger partial charge in [0.05, 0.1) is 5.60 Å². The van der Waals surface area contributed by atoms with Crippen LogP contribution in [0.15, 0.2) is 0 Å². The second-order valence-corrected chi connectivity index (χ2v) is 3.16. The van der Waals surface area contributed by atoms with Gasteiger partial charge < -0.3 is 10.5 Å². The van der Waals surface area contributed by atoms with E-state index in [1.165, 1.54) is 25.7 Å². The van der Waals surface area contributed by atoms with Gasteiger partial charge in [0.25, 0.3) is 0 Å². The minimum absolute atomic E-state index is 0. The van der Waals surface area contributed by atoms with Crippen molar-refractivity contribution in [1.82, 2.24) is 0 Å². The van der Waals surface area contributed by atoms with E-state index in [2.05, 4.69) is 0 Å². The van der Waals surface area contributed by atoms with E-state index in [1.807, 2.05) is 0 Å². The molecule has 0 aromatic rings. The van der Waals surface area contributed by atoms with Crippen molar-refractivity contribution in [3.63, 3.8) is 0 Å². The topological polar surface area (TPSA) is 35.2 Å². The minimum atomic E-state index is 0. The summed E-state index contributed by atoms with van der Waals surface area (Å²) in [5.41, 5.74) is 5.95. The Morgan fingerprint density at radius 3 is 2.40 bits per heavy atom. The lowest BCUT2D eigenvalue weighted by Gasteiger charge is -2.43. The average molecular weight is 164 g/mol. The Balaban J connectivity index is 0.000000500. The number of ether oxygens (including phenoxy) is 1. The first kappa shape index (κ1) is 8.31. The Morgan fingerprint density at radius 1 is 1.40 bits per heavy atom. The summed E-state index contributed by atoms with van der Waals surface area (Å²) in [5.74, 6) is 0. The second kappa shape index (κ2) is 2.68. The molecule has 2 unspecified atom stereocenters. The first-order chi connectivity index (χ1) is 4.33. The van der Waals surface area contributed by atoms with Crippen LogP contribution in [0.5, 0.6) is 0 Å². The summed E-state index contributed by atoms with van der Waals surface area (Å²) >= 11 is 0. The van der Waals surface area contributed by atoms with E-state index in [0.717, 1.165) is 6.61 Å². The van der Waals surface area contributed by atoms with Crippen molar-refractivity contribution in [2.75, 3.05) is 6.61 Å². The number of halogens is 1. The molecule has 10 heavy (non-hydrogen) atoms. The van der Waals surface area contributed by atoms with Gasteiger partial charge >= 0.3 is 0 Å². The molecule has 1 aliphatic heterocycles. The van der Waals surface area contributed by atoms with E-state index >= 15 is 0 Å². The normalized spacial score (nSPS) is 44.7. The molecule has 1 saturated carbocycles. The quantitative estimate of drug-likeness (QED) is 0.580. The largest absolute Gasteiger partial charge is 0.373 e. The Hall–Kier alpha value is 0.210. The molecular weight excluding hydrogens is 150 g/mol. The van der Waals surface area contributed by atoms with Gasteiger partial charge in [0.1, 0.15) is 0 Å². The van der Waals surface area contributed by atoms with Crippen LogP contribution in [0, 0.1) is 0 Å². The van der Waals surface area contributed by atoms with E-state index in [0.29, 0.717) is 6.04 Å². The van der Waals surface area contributed by atoms with Crippen LogP contribution >= 0.6 is 12.4 Å². The molecule has 2 N–H and O–H groups in total. The highest BCUT2D eigenvalue weighted by molar-refractivity contribution is 5.85. The zero-order valence-electron chi connectivity index (χ0n) is 6.01. The van der Waals surface area contributed by atoms with Gasteiger partial charge in [0.2, 0.25) is 0 Å². The molecule has 0 amide bonds. The predicted octanol–water partition coefficient (Wildman–Crippen LogP) is 1.08. The predicted molar refractivity (Wildman–Crippen MR) is 42.4 cm³/mol. The Labute approximate surface area is 67.5 Å². The van der Waals surface area contributed by atoms with Crippen molar-refractivity contribution in [3.05, 3.63) is 0 Å². The standard InChI is InChI=1S/C7H13NO.ClH/c8-6-2-4-7(6)3-1-5-9-7;/h6H,1-5,8H2;1H. The number of hydrogen-bond acceptors (Lipinski definition) is 2. The molecule has 1 aliphatic carbocycles. The fraction of sp³-hybridized carbons (Fsp3) is 1.00. The van der Waals surface area contributed by atoms with E-state index < -0.39 is 0 Å². The van der Waals surface area contributed by atoms with Crippen molar-refractivity contribution >= 4 is 12.4 Å².